The van der Waals surface area contributed by atoms with Gasteiger partial charge in [0.25, 0.3) is 5.91 Å². The summed E-state index contributed by atoms with van der Waals surface area (Å²) >= 11 is 0. The number of nitrogens with one attached hydrogen (secondary N) is 2. The van der Waals surface area contributed by atoms with Crippen molar-refractivity contribution in [2.45, 2.75) is 25.9 Å². The van der Waals surface area contributed by atoms with E-state index in [0.717, 1.165) is 11.1 Å². The molecule has 132 valence electrons. The Kier molecular flexibility index (Phi) is 5.64. The maximum Gasteiger partial charge on any atom is 0.252 e. The summed E-state index contributed by atoms with van der Waals surface area (Å²) in [7, 11) is 0. The molecule has 0 aliphatic rings. The van der Waals surface area contributed by atoms with Crippen molar-refractivity contribution >= 4 is 11.7 Å². The molecular formula is C22H23N3O. The Morgan fingerprint density at radius 2 is 1.46 bits per heavy atom. The van der Waals surface area contributed by atoms with E-state index in [1.807, 2.05) is 74.5 Å². The number of amides is 1. The lowest BCUT2D eigenvalue weighted by Gasteiger charge is -2.20. The predicted molar refractivity (Wildman–Crippen MR) is 105 cm³/mol. The second-order valence-corrected chi connectivity index (χ2v) is 6.46. The van der Waals surface area contributed by atoms with E-state index in [1.165, 1.54) is 0 Å². The van der Waals surface area contributed by atoms with Gasteiger partial charge >= 0.3 is 0 Å². The first kappa shape index (κ1) is 17.7. The van der Waals surface area contributed by atoms with Gasteiger partial charge in [0.2, 0.25) is 0 Å². The quantitative estimate of drug-likeness (QED) is 0.695. The average molecular weight is 345 g/mol. The van der Waals surface area contributed by atoms with Crippen molar-refractivity contribution in [2.24, 2.45) is 0 Å². The van der Waals surface area contributed by atoms with E-state index < -0.39 is 0 Å². The van der Waals surface area contributed by atoms with Crippen molar-refractivity contribution in [1.82, 2.24) is 10.3 Å². The van der Waals surface area contributed by atoms with E-state index in [1.54, 1.807) is 18.3 Å². The highest BCUT2D eigenvalue weighted by Crippen LogP contribution is 2.22. The highest BCUT2D eigenvalue weighted by Gasteiger charge is 2.18. The molecule has 0 saturated carbocycles. The molecule has 26 heavy (non-hydrogen) atoms. The highest BCUT2D eigenvalue weighted by atomic mass is 16.1. The Bertz CT molecular complexity index is 808. The Labute approximate surface area is 154 Å². The number of carbonyl (C=O) groups excluding carboxylic acids is 1. The third-order valence-corrected chi connectivity index (χ3v) is 4.00. The second kappa shape index (κ2) is 8.30. The molecule has 0 bridgehead atoms. The zero-order valence-corrected chi connectivity index (χ0v) is 15.0. The van der Waals surface area contributed by atoms with Crippen LogP contribution < -0.4 is 10.6 Å². The Balaban J connectivity index is 1.86. The Morgan fingerprint density at radius 3 is 2.00 bits per heavy atom. The largest absolute Gasteiger partial charge is 0.368 e. The van der Waals surface area contributed by atoms with Crippen molar-refractivity contribution in [3.63, 3.8) is 0 Å². The maximum atomic E-state index is 12.9. The highest BCUT2D eigenvalue weighted by molar-refractivity contribution is 5.95. The van der Waals surface area contributed by atoms with Crippen LogP contribution >= 0.6 is 0 Å². The molecule has 0 radical (unpaired) electrons. The van der Waals surface area contributed by atoms with Crippen molar-refractivity contribution in [3.05, 3.63) is 95.7 Å². The number of aromatic nitrogens is 1. The molecule has 0 saturated heterocycles. The lowest BCUT2D eigenvalue weighted by Crippen LogP contribution is -2.29. The van der Waals surface area contributed by atoms with Gasteiger partial charge in [0.05, 0.1) is 6.04 Å². The summed E-state index contributed by atoms with van der Waals surface area (Å²) in [5.74, 6) is 0.570. The molecule has 1 aromatic heterocycles. The minimum atomic E-state index is -0.209. The van der Waals surface area contributed by atoms with E-state index in [0.29, 0.717) is 11.4 Å². The molecule has 2 N–H and O–H groups in total. The first-order valence-electron chi connectivity index (χ1n) is 8.77. The Hall–Kier alpha value is -3.14. The van der Waals surface area contributed by atoms with Crippen LogP contribution in [-0.2, 0) is 0 Å². The topological polar surface area (TPSA) is 54.0 Å². The van der Waals surface area contributed by atoms with Crippen molar-refractivity contribution in [2.75, 3.05) is 5.32 Å². The van der Waals surface area contributed by atoms with Crippen molar-refractivity contribution < 1.29 is 4.79 Å². The summed E-state index contributed by atoms with van der Waals surface area (Å²) in [6, 6.07) is 23.5. The van der Waals surface area contributed by atoms with Crippen LogP contribution in [0, 0.1) is 0 Å². The van der Waals surface area contributed by atoms with Gasteiger partial charge in [-0.2, -0.15) is 0 Å². The molecule has 0 unspecified atom stereocenters. The SMILES string of the molecule is CC(C)Nc1cc(C(=O)NC(c2ccccc2)c2ccccc2)ccn1. The first-order chi connectivity index (χ1) is 12.6. The van der Waals surface area contributed by atoms with E-state index in [2.05, 4.69) is 15.6 Å². The summed E-state index contributed by atoms with van der Waals surface area (Å²) in [5.41, 5.74) is 2.67. The summed E-state index contributed by atoms with van der Waals surface area (Å²) in [6.45, 7) is 4.07. The molecule has 4 heteroatoms. The van der Waals surface area contributed by atoms with Gasteiger partial charge in [-0.25, -0.2) is 4.98 Å². The van der Waals surface area contributed by atoms with Gasteiger partial charge in [-0.1, -0.05) is 60.7 Å². The lowest BCUT2D eigenvalue weighted by atomic mass is 9.98. The summed E-state index contributed by atoms with van der Waals surface area (Å²) in [6.07, 6.45) is 1.65. The van der Waals surface area contributed by atoms with Crippen LogP contribution in [0.5, 0.6) is 0 Å². The molecule has 2 aromatic carbocycles. The molecule has 3 rings (SSSR count). The van der Waals surface area contributed by atoms with Gasteiger partial charge in [0.1, 0.15) is 5.82 Å². The second-order valence-electron chi connectivity index (χ2n) is 6.46. The average Bonchev–Trinajstić information content (AvgIpc) is 2.67. The van der Waals surface area contributed by atoms with Gasteiger partial charge in [-0.15, -0.1) is 0 Å². The number of benzene rings is 2. The molecule has 1 heterocycles. The predicted octanol–water partition coefficient (Wildman–Crippen LogP) is 4.42. The molecule has 0 aliphatic carbocycles. The maximum absolute atomic E-state index is 12.9. The van der Waals surface area contributed by atoms with Crippen molar-refractivity contribution in [3.8, 4) is 0 Å². The van der Waals surface area contributed by atoms with E-state index in [4.69, 9.17) is 0 Å². The lowest BCUT2D eigenvalue weighted by molar-refractivity contribution is 0.0943. The zero-order chi connectivity index (χ0) is 18.4. The molecule has 0 atom stereocenters. The zero-order valence-electron chi connectivity index (χ0n) is 15.0. The molecular weight excluding hydrogens is 322 g/mol. The van der Waals surface area contributed by atoms with E-state index in [-0.39, 0.29) is 18.0 Å². The van der Waals surface area contributed by atoms with Gasteiger partial charge in [0.15, 0.2) is 0 Å². The number of rotatable bonds is 6. The number of carbonyl (C=O) groups is 1. The summed E-state index contributed by atoms with van der Waals surface area (Å²) < 4.78 is 0. The van der Waals surface area contributed by atoms with Crippen LogP contribution in [0.2, 0.25) is 0 Å². The Morgan fingerprint density at radius 1 is 0.885 bits per heavy atom. The van der Waals surface area contributed by atoms with Crippen LogP contribution in [0.25, 0.3) is 0 Å². The molecule has 0 fully saturated rings. The monoisotopic (exact) mass is 345 g/mol. The fraction of sp³-hybridized carbons (Fsp3) is 0.182. The smallest absolute Gasteiger partial charge is 0.252 e. The van der Waals surface area contributed by atoms with Crippen LogP contribution in [0.4, 0.5) is 5.82 Å². The van der Waals surface area contributed by atoms with E-state index >= 15 is 0 Å². The first-order valence-corrected chi connectivity index (χ1v) is 8.77. The van der Waals surface area contributed by atoms with Crippen LogP contribution in [0.3, 0.4) is 0 Å². The molecule has 0 spiro atoms. The third-order valence-electron chi connectivity index (χ3n) is 4.00. The van der Waals surface area contributed by atoms with Crippen LogP contribution in [-0.4, -0.2) is 16.9 Å². The standard InChI is InChI=1S/C22H23N3O/c1-16(2)24-20-15-19(13-14-23-20)22(26)25-21(17-9-5-3-6-10-17)18-11-7-4-8-12-18/h3-16,21H,1-2H3,(H,23,24)(H,25,26). The number of pyridine rings is 1. The van der Waals surface area contributed by atoms with Gasteiger partial charge in [-0.05, 0) is 37.1 Å². The number of anilines is 1. The van der Waals surface area contributed by atoms with E-state index in [9.17, 15) is 4.79 Å². The number of hydrogen-bond acceptors (Lipinski definition) is 3. The fourth-order valence-corrected chi connectivity index (χ4v) is 2.81. The van der Waals surface area contributed by atoms with Crippen molar-refractivity contribution in [1.29, 1.82) is 0 Å². The molecule has 1 amide bonds. The third kappa shape index (κ3) is 4.48. The minimum Gasteiger partial charge on any atom is -0.368 e. The van der Waals surface area contributed by atoms with Gasteiger partial charge in [-0.3, -0.25) is 4.79 Å². The summed E-state index contributed by atoms with van der Waals surface area (Å²) in [5, 5.41) is 6.38. The number of nitrogens with zero attached hydrogens (tertiary/aromatic N) is 1. The molecule has 0 aliphatic heterocycles. The fourth-order valence-electron chi connectivity index (χ4n) is 2.81. The molecule has 4 nitrogen and oxygen atoms in total. The van der Waals surface area contributed by atoms with Gasteiger partial charge in [0, 0.05) is 17.8 Å². The normalized spacial score (nSPS) is 10.8. The van der Waals surface area contributed by atoms with Gasteiger partial charge < -0.3 is 10.6 Å². The summed E-state index contributed by atoms with van der Waals surface area (Å²) in [4.78, 5) is 17.1. The minimum absolute atomic E-state index is 0.128. The van der Waals surface area contributed by atoms with Crippen LogP contribution in [0.1, 0.15) is 41.4 Å². The van der Waals surface area contributed by atoms with Crippen LogP contribution in [0.15, 0.2) is 79.0 Å². The molecule has 3 aromatic rings. The number of hydrogen-bond donors (Lipinski definition) is 2.